The topological polar surface area (TPSA) is 17.0 Å². The van der Waals surface area contributed by atoms with Crippen LogP contribution >= 0.6 is 0 Å². The molecule has 0 atom stereocenters. The second-order valence-electron chi connectivity index (χ2n) is 10.7. The first-order chi connectivity index (χ1) is 20.8. The normalized spacial score (nSPS) is 11.3. The first-order valence-corrected chi connectivity index (χ1v) is 14.4. The summed E-state index contributed by atoms with van der Waals surface area (Å²) in [6.07, 6.45) is 0. The minimum Gasteiger partial charge on any atom is -0.354 e. The third-order valence-corrected chi connectivity index (χ3v) is 8.21. The van der Waals surface area contributed by atoms with Crippen LogP contribution in [0.1, 0.15) is 0 Å². The lowest BCUT2D eigenvalue weighted by Gasteiger charge is -2.15. The summed E-state index contributed by atoms with van der Waals surface area (Å²) in [6, 6.07) is 58.4. The van der Waals surface area contributed by atoms with Crippen molar-refractivity contribution in [3.05, 3.63) is 164 Å². The minimum atomic E-state index is 1.10. The van der Waals surface area contributed by atoms with Crippen LogP contribution in [-0.4, -0.2) is 4.57 Å². The molecule has 0 saturated carbocycles. The molecule has 8 rings (SSSR count). The smallest absolute Gasteiger partial charge is 0.0562 e. The summed E-state index contributed by atoms with van der Waals surface area (Å²) in [4.78, 5) is 0. The lowest BCUT2D eigenvalue weighted by molar-refractivity contribution is 1.18. The molecule has 0 fully saturated rings. The second kappa shape index (κ2) is 10.1. The number of aromatic nitrogens is 1. The maximum Gasteiger partial charge on any atom is 0.0562 e. The van der Waals surface area contributed by atoms with E-state index in [9.17, 15) is 0 Å². The Bertz CT molecular complexity index is 2190. The van der Waals surface area contributed by atoms with Gasteiger partial charge in [-0.25, -0.2) is 0 Å². The van der Waals surface area contributed by atoms with Gasteiger partial charge in [-0.1, -0.05) is 127 Å². The molecule has 0 saturated heterocycles. The number of benzene rings is 7. The van der Waals surface area contributed by atoms with E-state index in [1.165, 1.54) is 54.8 Å². The third kappa shape index (κ3) is 4.05. The summed E-state index contributed by atoms with van der Waals surface area (Å²) in [5.74, 6) is 0. The van der Waals surface area contributed by atoms with Crippen LogP contribution in [0.15, 0.2) is 164 Å². The molecule has 0 aliphatic carbocycles. The van der Waals surface area contributed by atoms with Crippen LogP contribution in [0.4, 0.5) is 11.4 Å². The number of rotatable bonds is 5. The Morgan fingerprint density at radius 2 is 0.952 bits per heavy atom. The molecule has 0 amide bonds. The van der Waals surface area contributed by atoms with Gasteiger partial charge in [-0.3, -0.25) is 0 Å². The largest absolute Gasteiger partial charge is 0.354 e. The van der Waals surface area contributed by atoms with Crippen LogP contribution in [0.3, 0.4) is 0 Å². The highest BCUT2D eigenvalue weighted by Gasteiger charge is 2.16. The first kappa shape index (κ1) is 24.2. The molecule has 0 bridgehead atoms. The van der Waals surface area contributed by atoms with Crippen molar-refractivity contribution in [1.29, 1.82) is 0 Å². The monoisotopic (exact) mass is 536 g/mol. The summed E-state index contributed by atoms with van der Waals surface area (Å²) in [5.41, 5.74) is 10.6. The molecule has 7 aromatic carbocycles. The number of nitrogens with zero attached hydrogens (tertiary/aromatic N) is 1. The number of fused-ring (bicyclic) bond motifs is 4. The van der Waals surface area contributed by atoms with Crippen LogP contribution in [0.2, 0.25) is 0 Å². The van der Waals surface area contributed by atoms with E-state index in [0.717, 1.165) is 17.1 Å². The Hall–Kier alpha value is -5.60. The molecular formula is C40H28N2. The predicted octanol–water partition coefficient (Wildman–Crippen LogP) is 11.0. The molecule has 198 valence electrons. The van der Waals surface area contributed by atoms with Crippen LogP contribution in [0.5, 0.6) is 0 Å². The van der Waals surface area contributed by atoms with Gasteiger partial charge in [0.2, 0.25) is 0 Å². The van der Waals surface area contributed by atoms with Gasteiger partial charge >= 0.3 is 0 Å². The number of nitrogens with one attached hydrogen (secondary N) is 1. The lowest BCUT2D eigenvalue weighted by Crippen LogP contribution is -1.95. The molecule has 2 heteroatoms. The Morgan fingerprint density at radius 1 is 0.357 bits per heavy atom. The molecule has 42 heavy (non-hydrogen) atoms. The van der Waals surface area contributed by atoms with Crippen molar-refractivity contribution in [1.82, 2.24) is 4.57 Å². The van der Waals surface area contributed by atoms with Gasteiger partial charge in [-0.15, -0.1) is 0 Å². The summed E-state index contributed by atoms with van der Waals surface area (Å²) in [7, 11) is 0. The van der Waals surface area contributed by atoms with E-state index in [1.807, 2.05) is 0 Å². The molecule has 0 radical (unpaired) electrons. The Balaban J connectivity index is 1.27. The second-order valence-corrected chi connectivity index (χ2v) is 10.7. The van der Waals surface area contributed by atoms with Crippen molar-refractivity contribution in [3.8, 4) is 27.9 Å². The highest BCUT2D eigenvalue weighted by Crippen LogP contribution is 2.40. The van der Waals surface area contributed by atoms with E-state index in [0.29, 0.717) is 0 Å². The van der Waals surface area contributed by atoms with Crippen LogP contribution in [0.25, 0.3) is 60.5 Å². The summed E-state index contributed by atoms with van der Waals surface area (Å²) in [6.45, 7) is 0. The number of hydrogen-bond acceptors (Lipinski definition) is 1. The van der Waals surface area contributed by atoms with Crippen LogP contribution in [-0.2, 0) is 0 Å². The van der Waals surface area contributed by atoms with Gasteiger partial charge in [0.25, 0.3) is 0 Å². The molecule has 0 unspecified atom stereocenters. The number of anilines is 2. The van der Waals surface area contributed by atoms with Crippen LogP contribution < -0.4 is 5.32 Å². The average Bonchev–Trinajstić information content (AvgIpc) is 3.41. The molecule has 0 aliphatic rings. The molecule has 1 aromatic heterocycles. The zero-order chi connectivity index (χ0) is 27.9. The standard InChI is InChI=1S/C40H28N2/c1-3-12-28(13-4-1)29-22-24-31(25-23-29)42-38-20-10-9-18-35(38)40-37(19-11-21-39(40)42)41-36-27-26-32(30-14-5-2-6-15-30)33-16-7-8-17-34(33)36/h1-27,41H. The van der Waals surface area contributed by atoms with E-state index >= 15 is 0 Å². The minimum absolute atomic E-state index is 1.10. The van der Waals surface area contributed by atoms with Crippen molar-refractivity contribution in [2.24, 2.45) is 0 Å². The zero-order valence-corrected chi connectivity index (χ0v) is 23.0. The first-order valence-electron chi connectivity index (χ1n) is 14.4. The molecule has 2 nitrogen and oxygen atoms in total. The Labute approximate surface area is 245 Å². The maximum absolute atomic E-state index is 3.84. The highest BCUT2D eigenvalue weighted by molar-refractivity contribution is 6.16. The van der Waals surface area contributed by atoms with Gasteiger partial charge in [0, 0.05) is 33.2 Å². The molecule has 1 heterocycles. The van der Waals surface area contributed by atoms with Gasteiger partial charge in [0.15, 0.2) is 0 Å². The SMILES string of the molecule is c1ccc(-c2ccc(-n3c4ccccc4c4c(Nc5ccc(-c6ccccc6)c6ccccc56)cccc43)cc2)cc1. The fourth-order valence-corrected chi connectivity index (χ4v) is 6.26. The summed E-state index contributed by atoms with van der Waals surface area (Å²) < 4.78 is 2.38. The average molecular weight is 537 g/mol. The lowest BCUT2D eigenvalue weighted by atomic mass is 9.97. The Morgan fingerprint density at radius 3 is 1.71 bits per heavy atom. The molecule has 8 aromatic rings. The predicted molar refractivity (Wildman–Crippen MR) is 179 cm³/mol. The van der Waals surface area contributed by atoms with Gasteiger partial charge in [0.1, 0.15) is 0 Å². The summed E-state index contributed by atoms with van der Waals surface area (Å²) in [5, 5.41) is 8.73. The van der Waals surface area contributed by atoms with E-state index in [1.54, 1.807) is 0 Å². The van der Waals surface area contributed by atoms with Gasteiger partial charge in [-0.2, -0.15) is 0 Å². The Kier molecular flexibility index (Phi) is 5.82. The number of para-hydroxylation sites is 1. The fraction of sp³-hybridized carbons (Fsp3) is 0. The molecule has 0 spiro atoms. The van der Waals surface area contributed by atoms with Crippen molar-refractivity contribution < 1.29 is 0 Å². The van der Waals surface area contributed by atoms with Gasteiger partial charge < -0.3 is 9.88 Å². The quantitative estimate of drug-likeness (QED) is 0.231. The van der Waals surface area contributed by atoms with Crippen molar-refractivity contribution in [2.45, 2.75) is 0 Å². The fourth-order valence-electron chi connectivity index (χ4n) is 6.26. The van der Waals surface area contributed by atoms with Crippen molar-refractivity contribution >= 4 is 44.0 Å². The third-order valence-electron chi connectivity index (χ3n) is 8.21. The van der Waals surface area contributed by atoms with Crippen molar-refractivity contribution in [3.63, 3.8) is 0 Å². The molecule has 1 N–H and O–H groups in total. The van der Waals surface area contributed by atoms with E-state index in [-0.39, 0.29) is 0 Å². The van der Waals surface area contributed by atoms with Gasteiger partial charge in [-0.05, 0) is 64.0 Å². The highest BCUT2D eigenvalue weighted by atomic mass is 15.0. The number of hydrogen-bond donors (Lipinski definition) is 1. The van der Waals surface area contributed by atoms with Crippen LogP contribution in [0, 0.1) is 0 Å². The van der Waals surface area contributed by atoms with Gasteiger partial charge in [0.05, 0.1) is 11.0 Å². The molecule has 0 aliphatic heterocycles. The van der Waals surface area contributed by atoms with E-state index in [4.69, 9.17) is 0 Å². The van der Waals surface area contributed by atoms with E-state index in [2.05, 4.69) is 174 Å². The van der Waals surface area contributed by atoms with Crippen molar-refractivity contribution in [2.75, 3.05) is 5.32 Å². The molecular weight excluding hydrogens is 508 g/mol. The maximum atomic E-state index is 3.84. The van der Waals surface area contributed by atoms with E-state index < -0.39 is 0 Å². The summed E-state index contributed by atoms with van der Waals surface area (Å²) >= 11 is 0. The zero-order valence-electron chi connectivity index (χ0n) is 23.0.